The quantitative estimate of drug-likeness (QED) is 0.422. The minimum Gasteiger partial charge on any atom is -0.461 e. The number of rotatable bonds is 6. The number of hydrogen-bond acceptors (Lipinski definition) is 7. The summed E-state index contributed by atoms with van der Waals surface area (Å²) >= 11 is 13.0. The Balaban J connectivity index is 1.70. The number of esters is 3. The largest absolute Gasteiger partial charge is 0.461 e. The summed E-state index contributed by atoms with van der Waals surface area (Å²) in [7, 11) is 0. The Labute approximate surface area is 194 Å². The Morgan fingerprint density at radius 3 is 1.90 bits per heavy atom. The van der Waals surface area contributed by atoms with Gasteiger partial charge in [-0.1, -0.05) is 30.1 Å². The van der Waals surface area contributed by atoms with Crippen molar-refractivity contribution in [2.45, 2.75) is 30.6 Å². The summed E-state index contributed by atoms with van der Waals surface area (Å²) in [5.41, 5.74) is 0.167. The van der Waals surface area contributed by atoms with Crippen molar-refractivity contribution in [2.24, 2.45) is 5.92 Å². The molecular formula is C22H20Cl2O6S. The van der Waals surface area contributed by atoms with Gasteiger partial charge in [0.15, 0.2) is 5.44 Å². The van der Waals surface area contributed by atoms with Crippen LogP contribution in [-0.2, 0) is 19.0 Å². The molecule has 0 N–H and O–H groups in total. The maximum atomic E-state index is 12.6. The zero-order valence-corrected chi connectivity index (χ0v) is 19.1. The Morgan fingerprint density at radius 1 is 0.871 bits per heavy atom. The van der Waals surface area contributed by atoms with E-state index in [0.717, 1.165) is 0 Å². The number of benzene rings is 2. The lowest BCUT2D eigenvalue weighted by Crippen LogP contribution is -2.34. The SMILES string of the molecule is CC(=O)O[C@@H]1S[C@H](COC(=O)c2ccc(Cl)cc2)[C@@H](OC(=O)c2ccc(Cl)cc2)[C@@H]1C. The lowest BCUT2D eigenvalue weighted by molar-refractivity contribution is -0.144. The fourth-order valence-electron chi connectivity index (χ4n) is 3.09. The van der Waals surface area contributed by atoms with Gasteiger partial charge in [-0.05, 0) is 48.5 Å². The Hall–Kier alpha value is -2.22. The summed E-state index contributed by atoms with van der Waals surface area (Å²) in [4.78, 5) is 36.4. The molecule has 0 amide bonds. The summed E-state index contributed by atoms with van der Waals surface area (Å²) in [6.45, 7) is 3.12. The van der Waals surface area contributed by atoms with Crippen LogP contribution in [0.15, 0.2) is 48.5 Å². The number of thioether (sulfide) groups is 1. The van der Waals surface area contributed by atoms with Gasteiger partial charge in [0.2, 0.25) is 0 Å². The fraction of sp³-hybridized carbons (Fsp3) is 0.318. The fourth-order valence-corrected chi connectivity index (χ4v) is 4.88. The normalized spacial score (nSPS) is 22.6. The van der Waals surface area contributed by atoms with Crippen molar-refractivity contribution in [2.75, 3.05) is 6.61 Å². The van der Waals surface area contributed by atoms with Crippen LogP contribution in [0.5, 0.6) is 0 Å². The van der Waals surface area contributed by atoms with E-state index in [9.17, 15) is 14.4 Å². The average molecular weight is 483 g/mol. The van der Waals surface area contributed by atoms with Gasteiger partial charge in [-0.25, -0.2) is 9.59 Å². The van der Waals surface area contributed by atoms with Gasteiger partial charge in [-0.3, -0.25) is 4.79 Å². The van der Waals surface area contributed by atoms with Gasteiger partial charge in [-0.15, -0.1) is 11.8 Å². The minimum atomic E-state index is -0.629. The summed E-state index contributed by atoms with van der Waals surface area (Å²) in [6, 6.07) is 12.6. The molecule has 4 atom stereocenters. The number of ether oxygens (including phenoxy) is 3. The van der Waals surface area contributed by atoms with E-state index in [1.165, 1.54) is 18.7 Å². The molecule has 1 saturated heterocycles. The highest BCUT2D eigenvalue weighted by Crippen LogP contribution is 2.41. The van der Waals surface area contributed by atoms with Gasteiger partial charge in [0.05, 0.1) is 16.4 Å². The van der Waals surface area contributed by atoms with E-state index >= 15 is 0 Å². The molecule has 0 spiro atoms. The van der Waals surface area contributed by atoms with Gasteiger partial charge in [0.25, 0.3) is 0 Å². The van der Waals surface area contributed by atoms with E-state index < -0.39 is 34.7 Å². The maximum absolute atomic E-state index is 12.6. The van der Waals surface area contributed by atoms with Crippen LogP contribution in [0.25, 0.3) is 0 Å². The number of hydrogen-bond donors (Lipinski definition) is 0. The lowest BCUT2D eigenvalue weighted by atomic mass is 10.0. The first kappa shape index (κ1) is 23.4. The molecule has 0 unspecified atom stereocenters. The van der Waals surface area contributed by atoms with E-state index in [4.69, 9.17) is 37.4 Å². The van der Waals surface area contributed by atoms with Crippen molar-refractivity contribution >= 4 is 52.9 Å². The molecule has 1 aliphatic heterocycles. The molecule has 2 aromatic carbocycles. The van der Waals surface area contributed by atoms with Crippen LogP contribution in [0.4, 0.5) is 0 Å². The Bertz CT molecular complexity index is 947. The topological polar surface area (TPSA) is 78.9 Å². The van der Waals surface area contributed by atoms with E-state index in [2.05, 4.69) is 0 Å². The van der Waals surface area contributed by atoms with Gasteiger partial charge in [0, 0.05) is 22.9 Å². The smallest absolute Gasteiger partial charge is 0.338 e. The second-order valence-corrected chi connectivity index (χ2v) is 9.21. The molecular weight excluding hydrogens is 463 g/mol. The van der Waals surface area contributed by atoms with Crippen LogP contribution >= 0.6 is 35.0 Å². The predicted molar refractivity (Wildman–Crippen MR) is 118 cm³/mol. The van der Waals surface area contributed by atoms with E-state index in [1.54, 1.807) is 48.5 Å². The second-order valence-electron chi connectivity index (χ2n) is 6.99. The molecule has 0 bridgehead atoms. The van der Waals surface area contributed by atoms with Gasteiger partial charge in [0.1, 0.15) is 12.7 Å². The van der Waals surface area contributed by atoms with Crippen LogP contribution in [0.1, 0.15) is 34.6 Å². The molecule has 0 saturated carbocycles. The number of carbonyl (C=O) groups excluding carboxylic acids is 3. The van der Waals surface area contributed by atoms with E-state index in [1.807, 2.05) is 6.92 Å². The Morgan fingerprint density at radius 2 is 1.39 bits per heavy atom. The molecule has 9 heteroatoms. The molecule has 31 heavy (non-hydrogen) atoms. The molecule has 0 aromatic heterocycles. The maximum Gasteiger partial charge on any atom is 0.338 e. The molecule has 0 aliphatic carbocycles. The first-order valence-corrected chi connectivity index (χ1v) is 11.2. The van der Waals surface area contributed by atoms with Gasteiger partial charge < -0.3 is 14.2 Å². The van der Waals surface area contributed by atoms with Crippen LogP contribution in [0.2, 0.25) is 10.0 Å². The second kappa shape index (κ2) is 10.4. The molecule has 0 radical (unpaired) electrons. The van der Waals surface area contributed by atoms with Crippen molar-refractivity contribution in [1.82, 2.24) is 0 Å². The third-order valence-corrected chi connectivity index (χ3v) is 6.74. The van der Waals surface area contributed by atoms with Crippen molar-refractivity contribution in [3.63, 3.8) is 0 Å². The summed E-state index contributed by atoms with van der Waals surface area (Å²) in [5.74, 6) is -1.80. The highest BCUT2D eigenvalue weighted by atomic mass is 35.5. The van der Waals surface area contributed by atoms with Crippen LogP contribution in [0, 0.1) is 5.92 Å². The zero-order chi connectivity index (χ0) is 22.5. The number of halogens is 2. The molecule has 164 valence electrons. The third-order valence-electron chi connectivity index (χ3n) is 4.69. The summed E-state index contributed by atoms with van der Waals surface area (Å²) < 4.78 is 16.5. The molecule has 1 heterocycles. The molecule has 1 aliphatic rings. The van der Waals surface area contributed by atoms with Gasteiger partial charge in [-0.2, -0.15) is 0 Å². The predicted octanol–water partition coefficient (Wildman–Crippen LogP) is 5.02. The summed E-state index contributed by atoms with van der Waals surface area (Å²) in [5, 5.41) is 0.602. The first-order valence-electron chi connectivity index (χ1n) is 9.46. The molecule has 3 rings (SSSR count). The monoisotopic (exact) mass is 482 g/mol. The first-order chi connectivity index (χ1) is 14.7. The van der Waals surface area contributed by atoms with Crippen molar-refractivity contribution in [3.8, 4) is 0 Å². The van der Waals surface area contributed by atoms with Gasteiger partial charge >= 0.3 is 17.9 Å². The average Bonchev–Trinajstić information content (AvgIpc) is 3.01. The lowest BCUT2D eigenvalue weighted by Gasteiger charge is -2.22. The zero-order valence-electron chi connectivity index (χ0n) is 16.7. The molecule has 1 fully saturated rings. The molecule has 2 aromatic rings. The Kier molecular flexibility index (Phi) is 7.86. The summed E-state index contributed by atoms with van der Waals surface area (Å²) in [6.07, 6.45) is -0.629. The van der Waals surface area contributed by atoms with Crippen LogP contribution in [0.3, 0.4) is 0 Å². The van der Waals surface area contributed by atoms with Crippen molar-refractivity contribution < 1.29 is 28.6 Å². The number of carbonyl (C=O) groups is 3. The highest BCUT2D eigenvalue weighted by molar-refractivity contribution is 8.00. The standard InChI is InChI=1S/C22H20Cl2O6S/c1-12-19(30-21(27)15-5-9-17(24)10-6-15)18(31-22(12)29-13(2)25)11-28-20(26)14-3-7-16(23)8-4-14/h3-10,12,18-19,22H,11H2,1-2H3/t12-,18+,19-,22+/m0/s1. The van der Waals surface area contributed by atoms with Crippen molar-refractivity contribution in [1.29, 1.82) is 0 Å². The van der Waals surface area contributed by atoms with Crippen LogP contribution < -0.4 is 0 Å². The highest BCUT2D eigenvalue weighted by Gasteiger charge is 2.46. The third kappa shape index (κ3) is 6.15. The van der Waals surface area contributed by atoms with E-state index in [-0.39, 0.29) is 12.5 Å². The van der Waals surface area contributed by atoms with Crippen molar-refractivity contribution in [3.05, 3.63) is 69.7 Å². The minimum absolute atomic E-state index is 0.0210. The molecule has 6 nitrogen and oxygen atoms in total. The van der Waals surface area contributed by atoms with E-state index in [0.29, 0.717) is 21.2 Å². The van der Waals surface area contributed by atoms with Crippen LogP contribution in [-0.4, -0.2) is 41.3 Å².